The summed E-state index contributed by atoms with van der Waals surface area (Å²) in [6, 6.07) is 9.33. The number of non-ortho nitro benzene ring substituents is 1. The Labute approximate surface area is 210 Å². The minimum absolute atomic E-state index is 0.0191. The number of phenols is 1. The van der Waals surface area contributed by atoms with Crippen molar-refractivity contribution in [3.05, 3.63) is 61.0 Å². The van der Waals surface area contributed by atoms with E-state index in [-0.39, 0.29) is 23.3 Å². The number of halogens is 2. The van der Waals surface area contributed by atoms with Crippen molar-refractivity contribution in [1.29, 1.82) is 0 Å². The fourth-order valence-corrected chi connectivity index (χ4v) is 4.27. The largest absolute Gasteiger partial charge is 0.506 e. The molecule has 0 radical (unpaired) electrons. The highest BCUT2D eigenvalue weighted by molar-refractivity contribution is 9.11. The monoisotopic (exact) mass is 592 g/mol. The third-order valence-electron chi connectivity index (χ3n) is 4.68. The third-order valence-corrected chi connectivity index (χ3v) is 5.74. The van der Waals surface area contributed by atoms with E-state index in [9.17, 15) is 15.2 Å². The number of rotatable bonds is 7. The van der Waals surface area contributed by atoms with Gasteiger partial charge in [0.15, 0.2) is 0 Å². The standard InChI is InChI=1S/C20H18Br2N8O4/c21-13-9-12(17(31)16(22)10-13)11-23-28-19-25-18(24-14-1-3-15(4-2-14)30(32)33)26-20(27-19)29-5-7-34-8-6-29/h1-4,9-11,31H,5-8H2,(H2,24,25,26,27,28)/b23-11-. The maximum absolute atomic E-state index is 10.9. The first-order chi connectivity index (χ1) is 16.4. The zero-order valence-electron chi connectivity index (χ0n) is 17.5. The second-order valence-corrected chi connectivity index (χ2v) is 8.78. The first-order valence-corrected chi connectivity index (χ1v) is 11.5. The van der Waals surface area contributed by atoms with E-state index >= 15 is 0 Å². The summed E-state index contributed by atoms with van der Waals surface area (Å²) in [6.07, 6.45) is 1.44. The molecule has 4 rings (SSSR count). The Kier molecular flexibility index (Phi) is 7.49. The second-order valence-electron chi connectivity index (χ2n) is 7.01. The molecule has 1 fully saturated rings. The molecule has 0 aliphatic carbocycles. The van der Waals surface area contributed by atoms with Gasteiger partial charge in [0.1, 0.15) is 5.75 Å². The van der Waals surface area contributed by atoms with Crippen LogP contribution in [0.25, 0.3) is 0 Å². The summed E-state index contributed by atoms with van der Waals surface area (Å²) in [5.41, 5.74) is 3.79. The predicted molar refractivity (Wildman–Crippen MR) is 134 cm³/mol. The van der Waals surface area contributed by atoms with Gasteiger partial charge in [-0.15, -0.1) is 0 Å². The van der Waals surface area contributed by atoms with Crippen LogP contribution in [-0.4, -0.2) is 57.5 Å². The van der Waals surface area contributed by atoms with E-state index in [0.29, 0.717) is 48.0 Å². The van der Waals surface area contributed by atoms with Crippen molar-refractivity contribution in [2.75, 3.05) is 41.9 Å². The molecule has 1 aromatic heterocycles. The van der Waals surface area contributed by atoms with Gasteiger partial charge in [0.25, 0.3) is 5.69 Å². The zero-order valence-corrected chi connectivity index (χ0v) is 20.7. The number of aromatic nitrogens is 3. The Hall–Kier alpha value is -3.36. The van der Waals surface area contributed by atoms with E-state index in [4.69, 9.17) is 4.74 Å². The highest BCUT2D eigenvalue weighted by Gasteiger charge is 2.17. The van der Waals surface area contributed by atoms with Crippen LogP contribution in [0.2, 0.25) is 0 Å². The van der Waals surface area contributed by atoms with Crippen LogP contribution in [0.1, 0.15) is 5.56 Å². The first kappa shape index (κ1) is 23.8. The Balaban J connectivity index is 1.58. The lowest BCUT2D eigenvalue weighted by molar-refractivity contribution is -0.384. The number of aromatic hydroxyl groups is 1. The van der Waals surface area contributed by atoms with E-state index in [1.54, 1.807) is 24.3 Å². The average Bonchev–Trinajstić information content (AvgIpc) is 2.83. The van der Waals surface area contributed by atoms with Gasteiger partial charge in [-0.1, -0.05) is 15.9 Å². The Morgan fingerprint density at radius 1 is 1.12 bits per heavy atom. The fraction of sp³-hybridized carbons (Fsp3) is 0.200. The number of phenolic OH excluding ortho intramolecular Hbond substituents is 1. The normalized spacial score (nSPS) is 13.8. The number of benzene rings is 2. The molecule has 0 unspecified atom stereocenters. The number of hydrazone groups is 1. The molecule has 34 heavy (non-hydrogen) atoms. The maximum atomic E-state index is 10.9. The molecule has 3 N–H and O–H groups in total. The number of nitrogens with zero attached hydrogens (tertiary/aromatic N) is 6. The Bertz CT molecular complexity index is 1220. The number of nitro benzene ring substituents is 1. The van der Waals surface area contributed by atoms with Crippen molar-refractivity contribution < 1.29 is 14.8 Å². The van der Waals surface area contributed by atoms with E-state index in [1.807, 2.05) is 4.90 Å². The van der Waals surface area contributed by atoms with Crippen LogP contribution in [0.5, 0.6) is 5.75 Å². The van der Waals surface area contributed by atoms with E-state index < -0.39 is 4.92 Å². The summed E-state index contributed by atoms with van der Waals surface area (Å²) >= 11 is 6.66. The lowest BCUT2D eigenvalue weighted by Crippen LogP contribution is -2.37. The third kappa shape index (κ3) is 5.95. The van der Waals surface area contributed by atoms with Gasteiger partial charge in [-0.3, -0.25) is 10.1 Å². The molecule has 3 aromatic rings. The molecule has 1 saturated heterocycles. The predicted octanol–water partition coefficient (Wildman–Crippen LogP) is 4.04. The zero-order chi connectivity index (χ0) is 24.1. The van der Waals surface area contributed by atoms with Crippen LogP contribution in [0, 0.1) is 10.1 Å². The van der Waals surface area contributed by atoms with Crippen molar-refractivity contribution in [2.45, 2.75) is 0 Å². The molecule has 0 bridgehead atoms. The minimum Gasteiger partial charge on any atom is -0.506 e. The summed E-state index contributed by atoms with van der Waals surface area (Å²) in [6.45, 7) is 2.33. The van der Waals surface area contributed by atoms with Gasteiger partial charge in [-0.25, -0.2) is 5.43 Å². The number of hydrogen-bond acceptors (Lipinski definition) is 11. The number of nitrogens with one attached hydrogen (secondary N) is 2. The first-order valence-electron chi connectivity index (χ1n) is 9.96. The minimum atomic E-state index is -0.467. The summed E-state index contributed by atoms with van der Waals surface area (Å²) in [7, 11) is 0. The molecular weight excluding hydrogens is 576 g/mol. The molecule has 12 nitrogen and oxygen atoms in total. The molecule has 2 heterocycles. The van der Waals surface area contributed by atoms with Crippen molar-refractivity contribution in [2.24, 2.45) is 5.10 Å². The number of hydrogen-bond donors (Lipinski definition) is 3. The van der Waals surface area contributed by atoms with Gasteiger partial charge >= 0.3 is 0 Å². The van der Waals surface area contributed by atoms with Crippen LogP contribution in [0.3, 0.4) is 0 Å². The van der Waals surface area contributed by atoms with E-state index in [0.717, 1.165) is 4.47 Å². The van der Waals surface area contributed by atoms with Gasteiger partial charge in [0.05, 0.1) is 28.8 Å². The molecule has 0 saturated carbocycles. The highest BCUT2D eigenvalue weighted by atomic mass is 79.9. The van der Waals surface area contributed by atoms with Crippen molar-refractivity contribution in [3.8, 4) is 5.75 Å². The van der Waals surface area contributed by atoms with Crippen LogP contribution in [0.4, 0.5) is 29.2 Å². The molecule has 2 aromatic carbocycles. The van der Waals surface area contributed by atoms with Gasteiger partial charge in [-0.05, 0) is 40.2 Å². The molecule has 0 amide bonds. The average molecular weight is 594 g/mol. The SMILES string of the molecule is O=[N+]([O-])c1ccc(Nc2nc(N/N=C\c3cc(Br)cc(Br)c3O)nc(N3CCOCC3)n2)cc1. The summed E-state index contributed by atoms with van der Waals surface area (Å²) in [4.78, 5) is 25.6. The summed E-state index contributed by atoms with van der Waals surface area (Å²) in [5, 5.41) is 28.3. The molecule has 1 aliphatic rings. The van der Waals surface area contributed by atoms with Crippen molar-refractivity contribution in [3.63, 3.8) is 0 Å². The van der Waals surface area contributed by atoms with E-state index in [1.165, 1.54) is 18.3 Å². The van der Waals surface area contributed by atoms with Crippen LogP contribution in [-0.2, 0) is 4.74 Å². The van der Waals surface area contributed by atoms with Crippen LogP contribution >= 0.6 is 31.9 Å². The van der Waals surface area contributed by atoms with Crippen LogP contribution in [0.15, 0.2) is 50.4 Å². The Morgan fingerprint density at radius 2 is 1.82 bits per heavy atom. The number of anilines is 4. The summed E-state index contributed by atoms with van der Waals surface area (Å²) in [5.74, 6) is 0.870. The number of ether oxygens (including phenoxy) is 1. The lowest BCUT2D eigenvalue weighted by atomic mass is 10.2. The second kappa shape index (κ2) is 10.7. The van der Waals surface area contributed by atoms with Crippen LogP contribution < -0.4 is 15.6 Å². The maximum Gasteiger partial charge on any atom is 0.269 e. The summed E-state index contributed by atoms with van der Waals surface area (Å²) < 4.78 is 6.69. The molecule has 0 atom stereocenters. The quantitative estimate of drug-likeness (QED) is 0.208. The molecule has 14 heteroatoms. The van der Waals surface area contributed by atoms with Gasteiger partial charge < -0.3 is 20.1 Å². The Morgan fingerprint density at radius 3 is 2.53 bits per heavy atom. The van der Waals surface area contributed by atoms with E-state index in [2.05, 4.69) is 62.7 Å². The topological polar surface area (TPSA) is 151 Å². The smallest absolute Gasteiger partial charge is 0.269 e. The van der Waals surface area contributed by atoms with Gasteiger partial charge in [0, 0.05) is 40.9 Å². The molecule has 1 aliphatic heterocycles. The highest BCUT2D eigenvalue weighted by Crippen LogP contribution is 2.30. The number of morpholine rings is 1. The molecule has 0 spiro atoms. The van der Waals surface area contributed by atoms with Crippen molar-refractivity contribution in [1.82, 2.24) is 15.0 Å². The van der Waals surface area contributed by atoms with Gasteiger partial charge in [0.2, 0.25) is 17.8 Å². The van der Waals surface area contributed by atoms with Crippen molar-refractivity contribution >= 4 is 67.3 Å². The molecular formula is C20H18Br2N8O4. The lowest BCUT2D eigenvalue weighted by Gasteiger charge is -2.27. The van der Waals surface area contributed by atoms with Gasteiger partial charge in [-0.2, -0.15) is 20.1 Å². The molecule has 176 valence electrons. The number of nitro groups is 1. The fourth-order valence-electron chi connectivity index (χ4n) is 3.01.